The number of benzene rings is 1. The predicted octanol–water partition coefficient (Wildman–Crippen LogP) is 5.02. The highest BCUT2D eigenvalue weighted by Crippen LogP contribution is 2.35. The fourth-order valence-electron chi connectivity index (χ4n) is 3.78. The lowest BCUT2D eigenvalue weighted by Crippen LogP contribution is -2.32. The van der Waals surface area contributed by atoms with Crippen LogP contribution in [0.15, 0.2) is 41.5 Å². The molecule has 0 saturated carbocycles. The molecule has 1 unspecified atom stereocenters. The van der Waals surface area contributed by atoms with Crippen LogP contribution in [0.3, 0.4) is 0 Å². The molecule has 1 amide bonds. The van der Waals surface area contributed by atoms with Crippen LogP contribution in [-0.2, 0) is 11.2 Å². The van der Waals surface area contributed by atoms with E-state index in [-0.39, 0.29) is 17.9 Å². The Labute approximate surface area is 161 Å². The summed E-state index contributed by atoms with van der Waals surface area (Å²) in [6.45, 7) is 7.89. The molecule has 0 bridgehead atoms. The van der Waals surface area contributed by atoms with Crippen molar-refractivity contribution in [3.05, 3.63) is 58.3 Å². The van der Waals surface area contributed by atoms with E-state index in [4.69, 9.17) is 5.26 Å². The number of hydrogen-bond acceptors (Lipinski definition) is 2. The van der Waals surface area contributed by atoms with Gasteiger partial charge in [-0.3, -0.25) is 4.79 Å². The Morgan fingerprint density at radius 3 is 2.89 bits per heavy atom. The average Bonchev–Trinajstić information content (AvgIpc) is 2.99. The molecule has 1 atom stereocenters. The SMILES string of the molecule is C/C(C#N)=C\C(=C/C(C)C)C(=O)NC1CCCc2c1[nH]c1ccc(C)cc21. The molecule has 1 aliphatic rings. The quantitative estimate of drug-likeness (QED) is 0.456. The lowest BCUT2D eigenvalue weighted by Gasteiger charge is -2.24. The van der Waals surface area contributed by atoms with Gasteiger partial charge in [0.2, 0.25) is 0 Å². The summed E-state index contributed by atoms with van der Waals surface area (Å²) in [5.41, 5.74) is 5.91. The third-order valence-corrected chi connectivity index (χ3v) is 4.99. The van der Waals surface area contributed by atoms with E-state index >= 15 is 0 Å². The number of carbonyl (C=O) groups excluding carboxylic acids is 1. The molecule has 140 valence electrons. The van der Waals surface area contributed by atoms with E-state index in [2.05, 4.69) is 41.5 Å². The maximum atomic E-state index is 12.9. The van der Waals surface area contributed by atoms with Crippen LogP contribution in [0.1, 0.15) is 56.5 Å². The van der Waals surface area contributed by atoms with E-state index in [1.54, 1.807) is 13.0 Å². The van der Waals surface area contributed by atoms with Crippen LogP contribution in [0.5, 0.6) is 0 Å². The van der Waals surface area contributed by atoms with Crippen molar-refractivity contribution in [3.63, 3.8) is 0 Å². The van der Waals surface area contributed by atoms with Gasteiger partial charge in [-0.15, -0.1) is 0 Å². The van der Waals surface area contributed by atoms with E-state index in [1.165, 1.54) is 16.5 Å². The second kappa shape index (κ2) is 7.84. The van der Waals surface area contributed by atoms with Crippen molar-refractivity contribution in [2.45, 2.75) is 53.0 Å². The molecule has 4 nitrogen and oxygen atoms in total. The molecule has 1 aromatic heterocycles. The molecule has 1 heterocycles. The number of aromatic nitrogens is 1. The van der Waals surface area contributed by atoms with E-state index in [0.29, 0.717) is 11.1 Å². The second-order valence-corrected chi connectivity index (χ2v) is 7.79. The summed E-state index contributed by atoms with van der Waals surface area (Å²) in [6.07, 6.45) is 6.59. The van der Waals surface area contributed by atoms with Gasteiger partial charge in [0, 0.05) is 27.7 Å². The van der Waals surface area contributed by atoms with E-state index in [1.807, 2.05) is 19.9 Å². The number of carbonyl (C=O) groups is 1. The van der Waals surface area contributed by atoms with Gasteiger partial charge in [0.1, 0.15) is 0 Å². The molecule has 1 aliphatic carbocycles. The third kappa shape index (κ3) is 4.14. The van der Waals surface area contributed by atoms with Gasteiger partial charge in [0.05, 0.1) is 12.1 Å². The number of aryl methyl sites for hydroxylation is 2. The normalized spacial score (nSPS) is 17.7. The van der Waals surface area contributed by atoms with Crippen molar-refractivity contribution in [2.75, 3.05) is 0 Å². The Kier molecular flexibility index (Phi) is 5.51. The largest absolute Gasteiger partial charge is 0.356 e. The van der Waals surface area contributed by atoms with Gasteiger partial charge < -0.3 is 10.3 Å². The zero-order valence-electron chi connectivity index (χ0n) is 16.5. The first-order valence-electron chi connectivity index (χ1n) is 9.61. The number of amides is 1. The van der Waals surface area contributed by atoms with Crippen LogP contribution in [0.25, 0.3) is 10.9 Å². The molecule has 4 heteroatoms. The molecule has 0 aliphatic heterocycles. The molecule has 0 fully saturated rings. The van der Waals surface area contributed by atoms with Crippen LogP contribution in [-0.4, -0.2) is 10.9 Å². The maximum Gasteiger partial charge on any atom is 0.251 e. The summed E-state index contributed by atoms with van der Waals surface area (Å²) < 4.78 is 0. The van der Waals surface area contributed by atoms with Crippen molar-refractivity contribution in [1.82, 2.24) is 10.3 Å². The summed E-state index contributed by atoms with van der Waals surface area (Å²) in [7, 11) is 0. The molecular weight excluding hydrogens is 334 g/mol. The van der Waals surface area contributed by atoms with Gasteiger partial charge in [0.25, 0.3) is 5.91 Å². The average molecular weight is 361 g/mol. The van der Waals surface area contributed by atoms with E-state index in [0.717, 1.165) is 30.5 Å². The zero-order chi connectivity index (χ0) is 19.6. The Balaban J connectivity index is 1.91. The van der Waals surface area contributed by atoms with Crippen LogP contribution >= 0.6 is 0 Å². The first-order valence-corrected chi connectivity index (χ1v) is 9.61. The van der Waals surface area contributed by atoms with E-state index < -0.39 is 0 Å². The minimum absolute atomic E-state index is 0.0275. The molecule has 2 aromatic rings. The van der Waals surface area contributed by atoms with Crippen LogP contribution in [0.4, 0.5) is 0 Å². The predicted molar refractivity (Wildman–Crippen MR) is 109 cm³/mol. The summed E-state index contributed by atoms with van der Waals surface area (Å²) in [6, 6.07) is 8.52. The van der Waals surface area contributed by atoms with Gasteiger partial charge in [-0.25, -0.2) is 0 Å². The summed E-state index contributed by atoms with van der Waals surface area (Å²) in [4.78, 5) is 16.5. The smallest absolute Gasteiger partial charge is 0.251 e. The second-order valence-electron chi connectivity index (χ2n) is 7.79. The molecule has 3 rings (SSSR count). The van der Waals surface area contributed by atoms with Crippen molar-refractivity contribution < 1.29 is 4.79 Å². The minimum Gasteiger partial charge on any atom is -0.356 e. The number of hydrogen-bond donors (Lipinski definition) is 2. The lowest BCUT2D eigenvalue weighted by molar-refractivity contribution is -0.118. The monoisotopic (exact) mass is 361 g/mol. The molecular formula is C23H27N3O. The van der Waals surface area contributed by atoms with Gasteiger partial charge in [-0.05, 0) is 62.8 Å². The zero-order valence-corrected chi connectivity index (χ0v) is 16.5. The highest BCUT2D eigenvalue weighted by molar-refractivity contribution is 5.97. The number of nitriles is 1. The minimum atomic E-state index is -0.119. The first kappa shape index (κ1) is 19.0. The van der Waals surface area contributed by atoms with Crippen molar-refractivity contribution >= 4 is 16.8 Å². The number of allylic oxidation sites excluding steroid dienone is 2. The summed E-state index contributed by atoms with van der Waals surface area (Å²) in [5, 5.41) is 13.5. The van der Waals surface area contributed by atoms with Crippen molar-refractivity contribution in [1.29, 1.82) is 5.26 Å². The van der Waals surface area contributed by atoms with Gasteiger partial charge in [-0.2, -0.15) is 5.26 Å². The number of nitrogens with zero attached hydrogens (tertiary/aromatic N) is 1. The number of rotatable bonds is 4. The number of H-pyrrole nitrogens is 1. The topological polar surface area (TPSA) is 68.7 Å². The van der Waals surface area contributed by atoms with Gasteiger partial charge >= 0.3 is 0 Å². The molecule has 0 saturated heterocycles. The fraction of sp³-hybridized carbons (Fsp3) is 0.391. The molecule has 0 spiro atoms. The first-order chi connectivity index (χ1) is 12.9. The fourth-order valence-corrected chi connectivity index (χ4v) is 3.78. The Hall–Kier alpha value is -2.80. The molecule has 2 N–H and O–H groups in total. The number of nitrogens with one attached hydrogen (secondary N) is 2. The highest BCUT2D eigenvalue weighted by atomic mass is 16.1. The Bertz CT molecular complexity index is 969. The number of aromatic amines is 1. The van der Waals surface area contributed by atoms with Crippen LogP contribution in [0.2, 0.25) is 0 Å². The maximum absolute atomic E-state index is 12.9. The standard InChI is InChI=1S/C23H27N3O/c1-14(2)10-17(11-16(4)13-24)23(27)26-21-7-5-6-18-19-12-15(3)8-9-20(19)25-22(18)21/h8-12,14,21,25H,5-7H2,1-4H3,(H,26,27)/b16-11+,17-10+. The highest BCUT2D eigenvalue weighted by Gasteiger charge is 2.26. The van der Waals surface area contributed by atoms with Crippen molar-refractivity contribution in [3.8, 4) is 6.07 Å². The van der Waals surface area contributed by atoms with Crippen molar-refractivity contribution in [2.24, 2.45) is 5.92 Å². The number of fused-ring (bicyclic) bond motifs is 3. The Morgan fingerprint density at radius 1 is 1.41 bits per heavy atom. The van der Waals surface area contributed by atoms with Crippen LogP contribution < -0.4 is 5.32 Å². The molecule has 1 aromatic carbocycles. The summed E-state index contributed by atoms with van der Waals surface area (Å²) >= 11 is 0. The lowest BCUT2D eigenvalue weighted by atomic mass is 9.91. The van der Waals surface area contributed by atoms with E-state index in [9.17, 15) is 4.79 Å². The van der Waals surface area contributed by atoms with Crippen LogP contribution in [0, 0.1) is 24.2 Å². The molecule has 0 radical (unpaired) electrons. The summed E-state index contributed by atoms with van der Waals surface area (Å²) in [5.74, 6) is 0.109. The molecule has 27 heavy (non-hydrogen) atoms. The van der Waals surface area contributed by atoms with Gasteiger partial charge in [-0.1, -0.05) is 31.6 Å². The third-order valence-electron chi connectivity index (χ3n) is 4.99. The Morgan fingerprint density at radius 2 is 2.19 bits per heavy atom. The van der Waals surface area contributed by atoms with Gasteiger partial charge in [0.15, 0.2) is 0 Å².